The molecular weight excluding hydrogens is 343 g/mol. The standard InChI is InChI=1S/C17H23FN4O2S/c1-21(11-10-19-25(2,23)24)12-16-15-4-3-5-17(15)22(20-16)14-8-6-13(18)7-9-14/h6-9,19H,3-5,10-12H2,1-2H3. The van der Waals surface area contributed by atoms with Crippen LogP contribution in [0.25, 0.3) is 5.69 Å². The van der Waals surface area contributed by atoms with E-state index in [-0.39, 0.29) is 5.82 Å². The normalized spacial score (nSPS) is 14.2. The lowest BCUT2D eigenvalue weighted by Crippen LogP contribution is -2.32. The molecular formula is C17H23FN4O2S. The third-order valence-electron chi connectivity index (χ3n) is 4.36. The number of benzene rings is 1. The van der Waals surface area contributed by atoms with Crippen LogP contribution in [0.5, 0.6) is 0 Å². The van der Waals surface area contributed by atoms with Gasteiger partial charge < -0.3 is 0 Å². The van der Waals surface area contributed by atoms with Crippen molar-refractivity contribution in [2.45, 2.75) is 25.8 Å². The van der Waals surface area contributed by atoms with Crippen LogP contribution in [0, 0.1) is 5.82 Å². The van der Waals surface area contributed by atoms with Gasteiger partial charge in [0.2, 0.25) is 10.0 Å². The van der Waals surface area contributed by atoms with Gasteiger partial charge in [0.05, 0.1) is 17.6 Å². The van der Waals surface area contributed by atoms with Crippen LogP contribution in [0.2, 0.25) is 0 Å². The Morgan fingerprint density at radius 1 is 1.28 bits per heavy atom. The molecule has 0 unspecified atom stereocenters. The van der Waals surface area contributed by atoms with Crippen LogP contribution >= 0.6 is 0 Å². The number of likely N-dealkylation sites (N-methyl/N-ethyl adjacent to an activating group) is 1. The minimum Gasteiger partial charge on any atom is -0.299 e. The molecule has 3 rings (SSSR count). The van der Waals surface area contributed by atoms with E-state index in [9.17, 15) is 12.8 Å². The van der Waals surface area contributed by atoms with Crippen molar-refractivity contribution in [2.24, 2.45) is 0 Å². The number of nitrogens with zero attached hydrogens (tertiary/aromatic N) is 3. The summed E-state index contributed by atoms with van der Waals surface area (Å²) < 4.78 is 39.9. The number of aromatic nitrogens is 2. The van der Waals surface area contributed by atoms with Gasteiger partial charge in [0.1, 0.15) is 5.82 Å². The van der Waals surface area contributed by atoms with E-state index in [1.54, 1.807) is 12.1 Å². The fourth-order valence-electron chi connectivity index (χ4n) is 3.19. The molecule has 8 heteroatoms. The smallest absolute Gasteiger partial charge is 0.208 e. The van der Waals surface area contributed by atoms with Crippen molar-refractivity contribution in [1.82, 2.24) is 19.4 Å². The fourth-order valence-corrected chi connectivity index (χ4v) is 3.66. The average Bonchev–Trinajstić information content (AvgIpc) is 3.11. The first-order valence-corrected chi connectivity index (χ1v) is 10.2. The molecule has 0 bridgehead atoms. The molecule has 1 aromatic carbocycles. The molecule has 1 N–H and O–H groups in total. The maximum atomic E-state index is 13.2. The third kappa shape index (κ3) is 4.45. The summed E-state index contributed by atoms with van der Waals surface area (Å²) in [6.07, 6.45) is 4.23. The Morgan fingerprint density at radius 3 is 2.68 bits per heavy atom. The molecule has 0 saturated heterocycles. The zero-order valence-electron chi connectivity index (χ0n) is 14.5. The summed E-state index contributed by atoms with van der Waals surface area (Å²) in [5, 5.41) is 4.74. The van der Waals surface area contributed by atoms with Gasteiger partial charge in [-0.15, -0.1) is 0 Å². The molecule has 1 aliphatic rings. The largest absolute Gasteiger partial charge is 0.299 e. The highest BCUT2D eigenvalue weighted by Crippen LogP contribution is 2.28. The van der Waals surface area contributed by atoms with Crippen molar-refractivity contribution in [3.8, 4) is 5.69 Å². The van der Waals surface area contributed by atoms with E-state index >= 15 is 0 Å². The summed E-state index contributed by atoms with van der Waals surface area (Å²) in [7, 11) is -1.22. The van der Waals surface area contributed by atoms with Gasteiger partial charge in [-0.2, -0.15) is 5.10 Å². The summed E-state index contributed by atoms with van der Waals surface area (Å²) in [6.45, 7) is 1.63. The molecule has 1 aromatic heterocycles. The monoisotopic (exact) mass is 366 g/mol. The predicted molar refractivity (Wildman–Crippen MR) is 94.7 cm³/mol. The second-order valence-electron chi connectivity index (χ2n) is 6.52. The highest BCUT2D eigenvalue weighted by atomic mass is 32.2. The molecule has 2 aromatic rings. The van der Waals surface area contributed by atoms with Crippen molar-refractivity contribution in [3.05, 3.63) is 47.0 Å². The number of halogens is 1. The second kappa shape index (κ2) is 7.23. The first-order valence-electron chi connectivity index (χ1n) is 8.32. The maximum absolute atomic E-state index is 13.2. The van der Waals surface area contributed by atoms with Crippen LogP contribution in [0.1, 0.15) is 23.4 Å². The van der Waals surface area contributed by atoms with E-state index in [4.69, 9.17) is 5.10 Å². The van der Waals surface area contributed by atoms with Gasteiger partial charge in [-0.25, -0.2) is 22.2 Å². The minimum absolute atomic E-state index is 0.258. The van der Waals surface area contributed by atoms with Gasteiger partial charge in [-0.05, 0) is 56.1 Å². The van der Waals surface area contributed by atoms with Crippen molar-refractivity contribution in [3.63, 3.8) is 0 Å². The molecule has 136 valence electrons. The van der Waals surface area contributed by atoms with Crippen molar-refractivity contribution in [1.29, 1.82) is 0 Å². The first-order chi connectivity index (χ1) is 11.8. The van der Waals surface area contributed by atoms with Crippen molar-refractivity contribution < 1.29 is 12.8 Å². The van der Waals surface area contributed by atoms with E-state index in [0.717, 1.165) is 36.9 Å². The lowest BCUT2D eigenvalue weighted by Gasteiger charge is -2.15. The number of fused-ring (bicyclic) bond motifs is 1. The second-order valence-corrected chi connectivity index (χ2v) is 8.35. The molecule has 1 heterocycles. The molecule has 0 saturated carbocycles. The van der Waals surface area contributed by atoms with Crippen LogP contribution in [0.15, 0.2) is 24.3 Å². The fraction of sp³-hybridized carbons (Fsp3) is 0.471. The van der Waals surface area contributed by atoms with E-state index in [1.165, 1.54) is 23.4 Å². The predicted octanol–water partition coefficient (Wildman–Crippen LogP) is 1.48. The van der Waals surface area contributed by atoms with E-state index in [0.29, 0.717) is 19.6 Å². The lowest BCUT2D eigenvalue weighted by molar-refractivity contribution is 0.326. The summed E-state index contributed by atoms with van der Waals surface area (Å²) in [5.74, 6) is -0.258. The quantitative estimate of drug-likeness (QED) is 0.806. The summed E-state index contributed by atoms with van der Waals surface area (Å²) in [4.78, 5) is 2.05. The van der Waals surface area contributed by atoms with Crippen molar-refractivity contribution in [2.75, 3.05) is 26.4 Å². The van der Waals surface area contributed by atoms with Gasteiger partial charge in [0.15, 0.2) is 0 Å². The van der Waals surface area contributed by atoms with Gasteiger partial charge >= 0.3 is 0 Å². The van der Waals surface area contributed by atoms with Crippen LogP contribution in [-0.2, 0) is 29.4 Å². The van der Waals surface area contributed by atoms with Crippen LogP contribution in [0.3, 0.4) is 0 Å². The van der Waals surface area contributed by atoms with Crippen LogP contribution < -0.4 is 4.72 Å². The van der Waals surface area contributed by atoms with Gasteiger partial charge in [0.25, 0.3) is 0 Å². The van der Waals surface area contributed by atoms with Crippen LogP contribution in [0.4, 0.5) is 4.39 Å². The summed E-state index contributed by atoms with van der Waals surface area (Å²) >= 11 is 0. The zero-order chi connectivity index (χ0) is 18.0. The number of rotatable bonds is 7. The number of hydrogen-bond acceptors (Lipinski definition) is 4. The number of sulfonamides is 1. The Kier molecular flexibility index (Phi) is 5.21. The molecule has 0 spiro atoms. The highest BCUT2D eigenvalue weighted by molar-refractivity contribution is 7.88. The average molecular weight is 366 g/mol. The van der Waals surface area contributed by atoms with E-state index in [2.05, 4.69) is 4.72 Å². The SMILES string of the molecule is CN(CCNS(C)(=O)=O)Cc1nn(-c2ccc(F)cc2)c2c1CCC2. The Morgan fingerprint density at radius 2 is 2.00 bits per heavy atom. The molecule has 0 aliphatic heterocycles. The number of hydrogen-bond donors (Lipinski definition) is 1. The Balaban J connectivity index is 1.74. The maximum Gasteiger partial charge on any atom is 0.208 e. The Bertz CT molecular complexity index is 846. The zero-order valence-corrected chi connectivity index (χ0v) is 15.3. The highest BCUT2D eigenvalue weighted by Gasteiger charge is 2.23. The van der Waals surface area contributed by atoms with Crippen LogP contribution in [-0.4, -0.2) is 49.5 Å². The van der Waals surface area contributed by atoms with Gasteiger partial charge in [-0.3, -0.25) is 4.90 Å². The Hall–Kier alpha value is -1.77. The van der Waals surface area contributed by atoms with E-state index < -0.39 is 10.0 Å². The summed E-state index contributed by atoms with van der Waals surface area (Å²) in [6, 6.07) is 6.37. The van der Waals surface area contributed by atoms with E-state index in [1.807, 2.05) is 16.6 Å². The summed E-state index contributed by atoms with van der Waals surface area (Å²) in [5.41, 5.74) is 4.35. The molecule has 25 heavy (non-hydrogen) atoms. The number of nitrogens with one attached hydrogen (secondary N) is 1. The molecule has 0 atom stereocenters. The molecule has 0 radical (unpaired) electrons. The first kappa shape index (κ1) is 18.0. The topological polar surface area (TPSA) is 67.2 Å². The molecule has 1 aliphatic carbocycles. The molecule has 0 fully saturated rings. The van der Waals surface area contributed by atoms with Crippen molar-refractivity contribution >= 4 is 10.0 Å². The molecule has 6 nitrogen and oxygen atoms in total. The lowest BCUT2D eigenvalue weighted by atomic mass is 10.2. The molecule has 0 amide bonds. The minimum atomic E-state index is -3.16. The van der Waals surface area contributed by atoms with Gasteiger partial charge in [-0.1, -0.05) is 0 Å². The van der Waals surface area contributed by atoms with Gasteiger partial charge in [0, 0.05) is 25.3 Å². The third-order valence-corrected chi connectivity index (χ3v) is 5.09. The Labute approximate surface area is 147 Å².